The summed E-state index contributed by atoms with van der Waals surface area (Å²) in [5.74, 6) is 0.970. The molecule has 1 saturated heterocycles. The minimum atomic E-state index is 0.0806. The van der Waals surface area contributed by atoms with Gasteiger partial charge in [-0.3, -0.25) is 14.7 Å². The van der Waals surface area contributed by atoms with Crippen LogP contribution in [-0.4, -0.2) is 62.6 Å². The Morgan fingerprint density at radius 3 is 2.68 bits per heavy atom. The number of halogens is 1. The molecule has 1 aliphatic carbocycles. The first kappa shape index (κ1) is 20.9. The van der Waals surface area contributed by atoms with Crippen molar-refractivity contribution < 1.29 is 4.79 Å². The molecule has 1 amide bonds. The fourth-order valence-electron chi connectivity index (χ4n) is 3.77. The molecule has 0 spiro atoms. The maximum Gasteiger partial charge on any atom is 0.233 e. The van der Waals surface area contributed by atoms with Gasteiger partial charge in [-0.1, -0.05) is 23.7 Å². The van der Waals surface area contributed by atoms with Crippen molar-refractivity contribution in [1.82, 2.24) is 20.9 Å². The molecule has 3 N–H and O–H groups in total. The summed E-state index contributed by atoms with van der Waals surface area (Å²) in [6.45, 7) is 6.05. The number of carbonyl (C=O) groups is 1. The summed E-state index contributed by atoms with van der Waals surface area (Å²) in [7, 11) is 1.69. The van der Waals surface area contributed by atoms with Gasteiger partial charge in [0.05, 0.1) is 13.1 Å². The van der Waals surface area contributed by atoms with E-state index in [0.29, 0.717) is 12.6 Å². The van der Waals surface area contributed by atoms with E-state index in [-0.39, 0.29) is 11.3 Å². The number of guanidine groups is 1. The molecule has 0 atom stereocenters. The van der Waals surface area contributed by atoms with Crippen LogP contribution >= 0.6 is 11.6 Å². The first-order valence-corrected chi connectivity index (χ1v) is 10.7. The Bertz CT molecular complexity index is 696. The highest BCUT2D eigenvalue weighted by molar-refractivity contribution is 6.30. The number of rotatable bonds is 7. The van der Waals surface area contributed by atoms with Gasteiger partial charge in [0.1, 0.15) is 0 Å². The van der Waals surface area contributed by atoms with Crippen LogP contribution in [0, 0.1) is 0 Å². The Morgan fingerprint density at radius 1 is 1.32 bits per heavy atom. The van der Waals surface area contributed by atoms with E-state index in [2.05, 4.69) is 39.9 Å². The Morgan fingerprint density at radius 2 is 2.07 bits per heavy atom. The topological polar surface area (TPSA) is 68.8 Å². The number of hydrogen-bond donors (Lipinski definition) is 3. The molecule has 3 rings (SSSR count). The normalized spacial score (nSPS) is 19.9. The second kappa shape index (κ2) is 9.61. The number of nitrogens with zero attached hydrogens (tertiary/aromatic N) is 2. The number of likely N-dealkylation sites (tertiary alicyclic amines) is 1. The van der Waals surface area contributed by atoms with E-state index in [1.807, 2.05) is 12.1 Å². The predicted octanol–water partition coefficient (Wildman–Crippen LogP) is 2.14. The van der Waals surface area contributed by atoms with Gasteiger partial charge in [0.25, 0.3) is 0 Å². The lowest BCUT2D eigenvalue weighted by Gasteiger charge is -2.32. The predicted molar refractivity (Wildman–Crippen MR) is 115 cm³/mol. The average molecular weight is 406 g/mol. The number of benzene rings is 1. The van der Waals surface area contributed by atoms with Crippen LogP contribution in [0.3, 0.4) is 0 Å². The fraction of sp³-hybridized carbons (Fsp3) is 0.619. The molecule has 2 fully saturated rings. The molecule has 154 valence electrons. The van der Waals surface area contributed by atoms with E-state index >= 15 is 0 Å². The lowest BCUT2D eigenvalue weighted by atomic mass is 9.96. The molecule has 0 unspecified atom stereocenters. The van der Waals surface area contributed by atoms with E-state index < -0.39 is 0 Å². The lowest BCUT2D eigenvalue weighted by Crippen LogP contribution is -2.50. The molecule has 1 aromatic carbocycles. The zero-order valence-electron chi connectivity index (χ0n) is 16.9. The molecule has 0 radical (unpaired) electrons. The quantitative estimate of drug-likeness (QED) is 0.480. The molecule has 2 aliphatic rings. The zero-order valence-corrected chi connectivity index (χ0v) is 17.7. The molecule has 1 saturated carbocycles. The second-order valence-electron chi connectivity index (χ2n) is 7.85. The van der Waals surface area contributed by atoms with Gasteiger partial charge in [-0.2, -0.15) is 0 Å². The number of aliphatic imine (C=N–C) groups is 1. The number of hydrogen-bond acceptors (Lipinski definition) is 3. The van der Waals surface area contributed by atoms with Crippen molar-refractivity contribution in [3.05, 3.63) is 34.9 Å². The summed E-state index contributed by atoms with van der Waals surface area (Å²) in [5.41, 5.74) is 1.44. The smallest absolute Gasteiger partial charge is 0.233 e. The van der Waals surface area contributed by atoms with Gasteiger partial charge < -0.3 is 16.0 Å². The minimum Gasteiger partial charge on any atom is -0.358 e. The Balaban J connectivity index is 1.55. The SMILES string of the molecule is CCNC(=NCC1(c2cccc(Cl)c2)CC1)NC1CCN(CC(=O)NC)CC1. The fourth-order valence-corrected chi connectivity index (χ4v) is 3.96. The van der Waals surface area contributed by atoms with Crippen LogP contribution in [0.2, 0.25) is 5.02 Å². The summed E-state index contributed by atoms with van der Waals surface area (Å²) in [6.07, 6.45) is 4.35. The van der Waals surface area contributed by atoms with Gasteiger partial charge in [-0.05, 0) is 50.3 Å². The van der Waals surface area contributed by atoms with E-state index in [1.54, 1.807) is 7.05 Å². The van der Waals surface area contributed by atoms with Crippen molar-refractivity contribution in [2.75, 3.05) is 39.8 Å². The molecular weight excluding hydrogens is 374 g/mol. The van der Waals surface area contributed by atoms with Crippen molar-refractivity contribution >= 4 is 23.5 Å². The Kier molecular flexibility index (Phi) is 7.18. The van der Waals surface area contributed by atoms with E-state index in [9.17, 15) is 4.79 Å². The first-order valence-electron chi connectivity index (χ1n) is 10.3. The number of amides is 1. The largest absolute Gasteiger partial charge is 0.358 e. The molecular formula is C21H32ClN5O. The highest BCUT2D eigenvalue weighted by atomic mass is 35.5. The van der Waals surface area contributed by atoms with Crippen LogP contribution < -0.4 is 16.0 Å². The van der Waals surface area contributed by atoms with Crippen LogP contribution in [0.1, 0.15) is 38.2 Å². The number of likely N-dealkylation sites (N-methyl/N-ethyl adjacent to an activating group) is 1. The Hall–Kier alpha value is -1.79. The monoisotopic (exact) mass is 405 g/mol. The van der Waals surface area contributed by atoms with Gasteiger partial charge in [0, 0.05) is 43.2 Å². The second-order valence-corrected chi connectivity index (χ2v) is 8.29. The third-order valence-electron chi connectivity index (χ3n) is 5.75. The number of carbonyl (C=O) groups excluding carboxylic acids is 1. The standard InChI is InChI=1S/C21H32ClN5O/c1-3-24-20(26-18-7-11-27(12-8-18)14-19(28)23-2)25-15-21(9-10-21)16-5-4-6-17(22)13-16/h4-6,13,18H,3,7-12,14-15H2,1-2H3,(H,23,28)(H2,24,25,26). The lowest BCUT2D eigenvalue weighted by molar-refractivity contribution is -0.122. The summed E-state index contributed by atoms with van der Waals surface area (Å²) in [6, 6.07) is 8.58. The highest BCUT2D eigenvalue weighted by Crippen LogP contribution is 2.48. The van der Waals surface area contributed by atoms with E-state index in [0.717, 1.165) is 62.8 Å². The van der Waals surface area contributed by atoms with Gasteiger partial charge in [-0.25, -0.2) is 0 Å². The maximum absolute atomic E-state index is 11.5. The van der Waals surface area contributed by atoms with Crippen molar-refractivity contribution in [1.29, 1.82) is 0 Å². The third-order valence-corrected chi connectivity index (χ3v) is 5.98. The number of piperidine rings is 1. The van der Waals surface area contributed by atoms with Crippen molar-refractivity contribution in [2.45, 2.75) is 44.1 Å². The van der Waals surface area contributed by atoms with Crippen LogP contribution in [0.25, 0.3) is 0 Å². The maximum atomic E-state index is 11.5. The van der Waals surface area contributed by atoms with E-state index in [1.165, 1.54) is 5.56 Å². The van der Waals surface area contributed by atoms with E-state index in [4.69, 9.17) is 16.6 Å². The Labute approximate surface area is 173 Å². The third kappa shape index (κ3) is 5.61. The van der Waals surface area contributed by atoms with Gasteiger partial charge >= 0.3 is 0 Å². The number of nitrogens with one attached hydrogen (secondary N) is 3. The molecule has 1 aromatic rings. The zero-order chi connectivity index (χ0) is 20.0. The molecule has 1 aliphatic heterocycles. The summed E-state index contributed by atoms with van der Waals surface area (Å²) < 4.78 is 0. The molecule has 28 heavy (non-hydrogen) atoms. The van der Waals surface area contributed by atoms with Crippen molar-refractivity contribution in [2.24, 2.45) is 4.99 Å². The summed E-state index contributed by atoms with van der Waals surface area (Å²) >= 11 is 6.18. The molecule has 0 bridgehead atoms. The van der Waals surface area contributed by atoms with Gasteiger partial charge in [-0.15, -0.1) is 0 Å². The van der Waals surface area contributed by atoms with Gasteiger partial charge in [0.15, 0.2) is 5.96 Å². The summed E-state index contributed by atoms with van der Waals surface area (Å²) in [5, 5.41) is 10.5. The minimum absolute atomic E-state index is 0.0806. The summed E-state index contributed by atoms with van der Waals surface area (Å²) in [4.78, 5) is 18.7. The molecule has 7 heteroatoms. The van der Waals surface area contributed by atoms with Crippen LogP contribution in [-0.2, 0) is 10.2 Å². The average Bonchev–Trinajstić information content (AvgIpc) is 3.49. The molecule has 1 heterocycles. The van der Waals surface area contributed by atoms with Gasteiger partial charge in [0.2, 0.25) is 5.91 Å². The van der Waals surface area contributed by atoms with Crippen LogP contribution in [0.5, 0.6) is 0 Å². The van der Waals surface area contributed by atoms with Crippen molar-refractivity contribution in [3.63, 3.8) is 0 Å². The molecule has 6 nitrogen and oxygen atoms in total. The first-order chi connectivity index (χ1) is 13.5. The van der Waals surface area contributed by atoms with Crippen molar-refractivity contribution in [3.8, 4) is 0 Å². The highest BCUT2D eigenvalue weighted by Gasteiger charge is 2.44. The molecule has 0 aromatic heterocycles. The van der Waals surface area contributed by atoms with Crippen LogP contribution in [0.15, 0.2) is 29.3 Å². The van der Waals surface area contributed by atoms with Crippen LogP contribution in [0.4, 0.5) is 0 Å².